The van der Waals surface area contributed by atoms with Gasteiger partial charge in [0.05, 0.1) is 24.1 Å². The summed E-state index contributed by atoms with van der Waals surface area (Å²) in [7, 11) is 3.61. The summed E-state index contributed by atoms with van der Waals surface area (Å²) in [4.78, 5) is 16.4. The molecule has 0 aliphatic carbocycles. The summed E-state index contributed by atoms with van der Waals surface area (Å²) in [6.07, 6.45) is 0.351. The Balaban J connectivity index is 2.28. The van der Waals surface area contributed by atoms with Gasteiger partial charge in [-0.05, 0) is 18.2 Å². The van der Waals surface area contributed by atoms with Crippen LogP contribution in [0.25, 0.3) is 11.0 Å². The third-order valence-electron chi connectivity index (χ3n) is 3.37. The second-order valence-electron chi connectivity index (χ2n) is 6.24. The lowest BCUT2D eigenvalue weighted by molar-refractivity contribution is -0.117. The van der Waals surface area contributed by atoms with Crippen molar-refractivity contribution in [2.45, 2.75) is 32.6 Å². The van der Waals surface area contributed by atoms with Crippen LogP contribution in [0.5, 0.6) is 0 Å². The SMILES string of the molecule is COCCC(=O)Nc1ccc2c(c1)nc(C(C)(C)C)n2C. The Morgan fingerprint density at radius 2 is 2.10 bits per heavy atom. The Kier molecular flexibility index (Phi) is 4.32. The molecule has 0 radical (unpaired) electrons. The normalized spacial score (nSPS) is 11.9. The second kappa shape index (κ2) is 5.85. The Morgan fingerprint density at radius 1 is 1.38 bits per heavy atom. The van der Waals surface area contributed by atoms with E-state index in [-0.39, 0.29) is 11.3 Å². The van der Waals surface area contributed by atoms with Crippen LogP contribution in [0.15, 0.2) is 18.2 Å². The molecule has 0 fully saturated rings. The zero-order valence-electron chi connectivity index (χ0n) is 13.4. The standard InChI is InChI=1S/C16H23N3O2/c1-16(2,3)15-18-12-10-11(6-7-13(12)19(15)4)17-14(20)8-9-21-5/h6-7,10H,8-9H2,1-5H3,(H,17,20). The number of hydrogen-bond acceptors (Lipinski definition) is 3. The molecule has 0 atom stereocenters. The van der Waals surface area contributed by atoms with Crippen molar-refractivity contribution in [1.82, 2.24) is 9.55 Å². The van der Waals surface area contributed by atoms with Crippen molar-refractivity contribution >= 4 is 22.6 Å². The van der Waals surface area contributed by atoms with Crippen molar-refractivity contribution in [3.8, 4) is 0 Å². The Labute approximate surface area is 125 Å². The van der Waals surface area contributed by atoms with Crippen LogP contribution in [0.4, 0.5) is 5.69 Å². The van der Waals surface area contributed by atoms with E-state index < -0.39 is 0 Å². The van der Waals surface area contributed by atoms with E-state index in [9.17, 15) is 4.79 Å². The fourth-order valence-electron chi connectivity index (χ4n) is 2.37. The van der Waals surface area contributed by atoms with Gasteiger partial charge in [0.25, 0.3) is 0 Å². The lowest BCUT2D eigenvalue weighted by Gasteiger charge is -2.17. The molecule has 5 heteroatoms. The van der Waals surface area contributed by atoms with Crippen molar-refractivity contribution in [3.05, 3.63) is 24.0 Å². The Morgan fingerprint density at radius 3 is 2.71 bits per heavy atom. The molecule has 1 N–H and O–H groups in total. The molecule has 21 heavy (non-hydrogen) atoms. The number of benzene rings is 1. The van der Waals surface area contributed by atoms with E-state index in [0.717, 1.165) is 22.5 Å². The molecule has 0 unspecified atom stereocenters. The molecule has 1 heterocycles. The predicted octanol–water partition coefficient (Wildman–Crippen LogP) is 2.85. The molecule has 2 aromatic rings. The Hall–Kier alpha value is -1.88. The van der Waals surface area contributed by atoms with Crippen molar-refractivity contribution < 1.29 is 9.53 Å². The maximum atomic E-state index is 11.7. The van der Waals surface area contributed by atoms with E-state index >= 15 is 0 Å². The summed E-state index contributed by atoms with van der Waals surface area (Å²) in [5.74, 6) is 0.975. The fourth-order valence-corrected chi connectivity index (χ4v) is 2.37. The highest BCUT2D eigenvalue weighted by atomic mass is 16.5. The summed E-state index contributed by atoms with van der Waals surface area (Å²) in [5, 5.41) is 2.87. The van der Waals surface area contributed by atoms with E-state index in [1.54, 1.807) is 7.11 Å². The largest absolute Gasteiger partial charge is 0.384 e. The lowest BCUT2D eigenvalue weighted by Crippen LogP contribution is -2.17. The zero-order valence-corrected chi connectivity index (χ0v) is 13.4. The smallest absolute Gasteiger partial charge is 0.226 e. The number of nitrogens with zero attached hydrogens (tertiary/aromatic N) is 2. The molecule has 114 valence electrons. The summed E-state index contributed by atoms with van der Waals surface area (Å²) < 4.78 is 7.00. The highest BCUT2D eigenvalue weighted by molar-refractivity contribution is 5.93. The molecule has 5 nitrogen and oxygen atoms in total. The van der Waals surface area contributed by atoms with E-state index in [1.165, 1.54) is 0 Å². The van der Waals surface area contributed by atoms with Gasteiger partial charge in [0.1, 0.15) is 5.82 Å². The van der Waals surface area contributed by atoms with Gasteiger partial charge >= 0.3 is 0 Å². The number of carbonyl (C=O) groups excluding carboxylic acids is 1. The number of aromatic nitrogens is 2. The Bertz CT molecular complexity index is 653. The van der Waals surface area contributed by atoms with Gasteiger partial charge in [0, 0.05) is 25.3 Å². The molecule has 0 saturated heterocycles. The number of anilines is 1. The first-order valence-corrected chi connectivity index (χ1v) is 7.08. The zero-order chi connectivity index (χ0) is 15.6. The molecular formula is C16H23N3O2. The minimum absolute atomic E-state index is 0.0182. The van der Waals surface area contributed by atoms with Gasteiger partial charge in [0.15, 0.2) is 0 Å². The van der Waals surface area contributed by atoms with Crippen LogP contribution < -0.4 is 5.32 Å². The van der Waals surface area contributed by atoms with Gasteiger partial charge in [-0.15, -0.1) is 0 Å². The number of aryl methyl sites for hydroxylation is 1. The van der Waals surface area contributed by atoms with Crippen molar-refractivity contribution in [2.24, 2.45) is 7.05 Å². The first-order valence-electron chi connectivity index (χ1n) is 7.08. The number of hydrogen-bond donors (Lipinski definition) is 1. The van der Waals surface area contributed by atoms with Gasteiger partial charge in [-0.1, -0.05) is 20.8 Å². The van der Waals surface area contributed by atoms with E-state index in [1.807, 2.05) is 25.2 Å². The molecule has 0 aliphatic heterocycles. The number of rotatable bonds is 4. The van der Waals surface area contributed by atoms with Crippen molar-refractivity contribution in [1.29, 1.82) is 0 Å². The first kappa shape index (κ1) is 15.5. The summed E-state index contributed by atoms with van der Waals surface area (Å²) >= 11 is 0. The lowest BCUT2D eigenvalue weighted by atomic mass is 9.96. The highest BCUT2D eigenvalue weighted by Gasteiger charge is 2.21. The minimum Gasteiger partial charge on any atom is -0.384 e. The number of imidazole rings is 1. The second-order valence-corrected chi connectivity index (χ2v) is 6.24. The van der Waals surface area contributed by atoms with Crippen LogP contribution in [0, 0.1) is 0 Å². The maximum absolute atomic E-state index is 11.7. The van der Waals surface area contributed by atoms with Gasteiger partial charge in [-0.3, -0.25) is 4.79 Å². The number of methoxy groups -OCH3 is 1. The molecule has 0 saturated carbocycles. The molecular weight excluding hydrogens is 266 g/mol. The third kappa shape index (κ3) is 3.42. The highest BCUT2D eigenvalue weighted by Crippen LogP contribution is 2.26. The third-order valence-corrected chi connectivity index (χ3v) is 3.37. The van der Waals surface area contributed by atoms with Gasteiger partial charge in [-0.25, -0.2) is 4.98 Å². The predicted molar refractivity (Wildman–Crippen MR) is 84.5 cm³/mol. The number of fused-ring (bicyclic) bond motifs is 1. The molecule has 2 rings (SSSR count). The number of nitrogens with one attached hydrogen (secondary N) is 1. The number of carbonyl (C=O) groups is 1. The number of ether oxygens (including phenoxy) is 1. The monoisotopic (exact) mass is 289 g/mol. The van der Waals surface area contributed by atoms with Crippen LogP contribution in [0.2, 0.25) is 0 Å². The van der Waals surface area contributed by atoms with Crippen LogP contribution in [0.3, 0.4) is 0 Å². The number of amides is 1. The average Bonchev–Trinajstić information content (AvgIpc) is 2.73. The summed E-state index contributed by atoms with van der Waals surface area (Å²) in [5.41, 5.74) is 2.71. The molecule has 1 aromatic heterocycles. The summed E-state index contributed by atoms with van der Waals surface area (Å²) in [6, 6.07) is 5.81. The van der Waals surface area contributed by atoms with Crippen LogP contribution in [-0.2, 0) is 22.0 Å². The quantitative estimate of drug-likeness (QED) is 0.941. The van der Waals surface area contributed by atoms with Gasteiger partial charge in [-0.2, -0.15) is 0 Å². The van der Waals surface area contributed by atoms with Gasteiger partial charge < -0.3 is 14.6 Å². The molecule has 1 amide bonds. The fraction of sp³-hybridized carbons (Fsp3) is 0.500. The average molecular weight is 289 g/mol. The molecule has 1 aromatic carbocycles. The van der Waals surface area contributed by atoms with Crippen molar-refractivity contribution in [2.75, 3.05) is 19.0 Å². The summed E-state index contributed by atoms with van der Waals surface area (Å²) in [6.45, 7) is 6.84. The van der Waals surface area contributed by atoms with Crippen LogP contribution in [0.1, 0.15) is 33.0 Å². The van der Waals surface area contributed by atoms with Crippen LogP contribution >= 0.6 is 0 Å². The maximum Gasteiger partial charge on any atom is 0.226 e. The topological polar surface area (TPSA) is 56.1 Å². The molecule has 0 spiro atoms. The van der Waals surface area contributed by atoms with Gasteiger partial charge in [0.2, 0.25) is 5.91 Å². The first-order chi connectivity index (χ1) is 9.82. The van der Waals surface area contributed by atoms with E-state index in [4.69, 9.17) is 9.72 Å². The van der Waals surface area contributed by atoms with Crippen LogP contribution in [-0.4, -0.2) is 29.2 Å². The van der Waals surface area contributed by atoms with E-state index in [2.05, 4.69) is 30.7 Å². The minimum atomic E-state index is -0.0526. The molecule has 0 bridgehead atoms. The van der Waals surface area contributed by atoms with Crippen molar-refractivity contribution in [3.63, 3.8) is 0 Å². The molecule has 0 aliphatic rings. The van der Waals surface area contributed by atoms with E-state index in [0.29, 0.717) is 13.0 Å².